The maximum atomic E-state index is 13.5. The minimum absolute atomic E-state index is 0.0358. The van der Waals surface area contributed by atoms with Gasteiger partial charge in [0, 0.05) is 18.9 Å². The van der Waals surface area contributed by atoms with E-state index in [9.17, 15) is 14.4 Å². The van der Waals surface area contributed by atoms with E-state index in [0.717, 1.165) is 40.3 Å². The van der Waals surface area contributed by atoms with Crippen LogP contribution in [0, 0.1) is 20.8 Å². The second-order valence-corrected chi connectivity index (χ2v) is 9.79. The molecule has 1 aliphatic rings. The highest BCUT2D eigenvalue weighted by molar-refractivity contribution is 6.10. The summed E-state index contributed by atoms with van der Waals surface area (Å²) in [5, 5.41) is 10.1. The number of amides is 3. The molecule has 3 aromatic carbocycles. The Labute approximate surface area is 228 Å². The minimum Gasteiger partial charge on any atom is -0.467 e. The highest BCUT2D eigenvalue weighted by atomic mass is 16.5. The van der Waals surface area contributed by atoms with Gasteiger partial charge in [-0.2, -0.15) is 0 Å². The van der Waals surface area contributed by atoms with Gasteiger partial charge < -0.3 is 30.2 Å². The number of anilines is 2. The van der Waals surface area contributed by atoms with Crippen LogP contribution in [0.4, 0.5) is 16.2 Å². The van der Waals surface area contributed by atoms with Gasteiger partial charge in [0.2, 0.25) is 0 Å². The van der Waals surface area contributed by atoms with Crippen LogP contribution in [0.5, 0.6) is 0 Å². The van der Waals surface area contributed by atoms with E-state index >= 15 is 0 Å². The highest BCUT2D eigenvalue weighted by Crippen LogP contribution is 2.26. The van der Waals surface area contributed by atoms with Crippen molar-refractivity contribution in [2.24, 2.45) is 0 Å². The van der Waals surface area contributed by atoms with E-state index in [1.54, 1.807) is 12.1 Å². The van der Waals surface area contributed by atoms with Crippen LogP contribution in [0.15, 0.2) is 48.5 Å². The number of benzene rings is 3. The Balaban J connectivity index is 1.57. The van der Waals surface area contributed by atoms with Crippen LogP contribution in [0.25, 0.3) is 10.8 Å². The van der Waals surface area contributed by atoms with Crippen LogP contribution in [0.3, 0.4) is 0 Å². The molecular weight excluding hydrogens is 498 g/mol. The Kier molecular flexibility index (Phi) is 9.16. The molecule has 3 N–H and O–H groups in total. The molecule has 0 unspecified atom stereocenters. The number of ether oxygens (including phenoxy) is 3. The Hall–Kier alpha value is -3.95. The van der Waals surface area contributed by atoms with Crippen molar-refractivity contribution in [3.05, 3.63) is 70.8 Å². The van der Waals surface area contributed by atoms with Crippen molar-refractivity contribution in [3.63, 3.8) is 0 Å². The number of rotatable bonds is 8. The lowest BCUT2D eigenvalue weighted by Crippen LogP contribution is -2.46. The molecule has 0 aromatic heterocycles. The number of nitrogens with one attached hydrogen (secondary N) is 3. The number of urea groups is 1. The molecule has 0 saturated carbocycles. The Bertz CT molecular complexity index is 1340. The predicted molar refractivity (Wildman–Crippen MR) is 150 cm³/mol. The quantitative estimate of drug-likeness (QED) is 0.356. The topological polar surface area (TPSA) is 115 Å². The van der Waals surface area contributed by atoms with Crippen molar-refractivity contribution in [2.75, 3.05) is 37.6 Å². The number of fused-ring (bicyclic) bond motifs is 1. The maximum absolute atomic E-state index is 13.5. The van der Waals surface area contributed by atoms with Gasteiger partial charge in [-0.15, -0.1) is 0 Å². The number of methoxy groups -OCH3 is 1. The summed E-state index contributed by atoms with van der Waals surface area (Å²) in [6.07, 6.45) is 1.38. The lowest BCUT2D eigenvalue weighted by molar-refractivity contribution is -0.145. The Morgan fingerprint density at radius 1 is 0.949 bits per heavy atom. The molecular formula is C30H35N3O6. The largest absolute Gasteiger partial charge is 0.467 e. The second-order valence-electron chi connectivity index (χ2n) is 9.79. The zero-order valence-corrected chi connectivity index (χ0v) is 22.8. The summed E-state index contributed by atoms with van der Waals surface area (Å²) in [6.45, 7) is 7.01. The van der Waals surface area contributed by atoms with Crippen LogP contribution in [-0.4, -0.2) is 57.0 Å². The van der Waals surface area contributed by atoms with Crippen LogP contribution < -0.4 is 16.0 Å². The third-order valence-corrected chi connectivity index (χ3v) is 6.75. The fourth-order valence-corrected chi connectivity index (χ4v) is 4.80. The summed E-state index contributed by atoms with van der Waals surface area (Å²) in [5.41, 5.74) is 4.20. The average Bonchev–Trinajstić information content (AvgIpc) is 2.92. The first-order valence-electron chi connectivity index (χ1n) is 13.0. The molecule has 39 heavy (non-hydrogen) atoms. The number of hydrogen-bond acceptors (Lipinski definition) is 6. The van der Waals surface area contributed by atoms with Gasteiger partial charge >= 0.3 is 12.0 Å². The van der Waals surface area contributed by atoms with E-state index in [2.05, 4.69) is 16.0 Å². The van der Waals surface area contributed by atoms with Gasteiger partial charge in [-0.1, -0.05) is 42.0 Å². The molecule has 0 bridgehead atoms. The standard InChI is InChI=1S/C30H35N3O6/c1-18-13-19(2)27(20(3)14-18)33-30(36)32-25-16-22-8-6-5-7-21(22)15-24(25)28(34)31-26(29(35)37-4)17-39-23-9-11-38-12-10-23/h5-8,13-16,23,26H,9-12,17H2,1-4H3,(H,31,34)(H2,32,33,36)/t26-/m0/s1. The SMILES string of the molecule is COC(=O)[C@H](COC1CCOCC1)NC(=O)c1cc2ccccc2cc1NC(=O)Nc1c(C)cc(C)cc1C. The first-order chi connectivity index (χ1) is 18.7. The van der Waals surface area contributed by atoms with E-state index < -0.39 is 23.9 Å². The maximum Gasteiger partial charge on any atom is 0.330 e. The smallest absolute Gasteiger partial charge is 0.330 e. The molecule has 0 radical (unpaired) electrons. The van der Waals surface area contributed by atoms with E-state index in [1.807, 2.05) is 57.2 Å². The fraction of sp³-hybridized carbons (Fsp3) is 0.367. The van der Waals surface area contributed by atoms with Crippen molar-refractivity contribution >= 4 is 40.1 Å². The third kappa shape index (κ3) is 7.13. The average molecular weight is 534 g/mol. The van der Waals surface area contributed by atoms with Crippen LogP contribution in [-0.2, 0) is 19.0 Å². The van der Waals surface area contributed by atoms with Crippen molar-refractivity contribution in [3.8, 4) is 0 Å². The summed E-state index contributed by atoms with van der Waals surface area (Å²) in [6, 6.07) is 13.4. The van der Waals surface area contributed by atoms with Gasteiger partial charge in [-0.25, -0.2) is 9.59 Å². The van der Waals surface area contributed by atoms with Gasteiger partial charge in [0.25, 0.3) is 5.91 Å². The molecule has 3 aromatic rings. The molecule has 3 amide bonds. The number of carbonyl (C=O) groups is 3. The van der Waals surface area contributed by atoms with Gasteiger partial charge in [0.1, 0.15) is 0 Å². The number of carbonyl (C=O) groups excluding carboxylic acids is 3. The summed E-state index contributed by atoms with van der Waals surface area (Å²) in [4.78, 5) is 39.1. The summed E-state index contributed by atoms with van der Waals surface area (Å²) in [7, 11) is 1.26. The van der Waals surface area contributed by atoms with E-state index in [0.29, 0.717) is 24.6 Å². The minimum atomic E-state index is -1.02. The van der Waals surface area contributed by atoms with Crippen molar-refractivity contribution in [2.45, 2.75) is 45.8 Å². The van der Waals surface area contributed by atoms with E-state index in [-0.39, 0.29) is 18.3 Å². The van der Waals surface area contributed by atoms with Gasteiger partial charge in [0.15, 0.2) is 6.04 Å². The Morgan fingerprint density at radius 3 is 2.23 bits per heavy atom. The molecule has 1 heterocycles. The molecule has 0 aliphatic carbocycles. The highest BCUT2D eigenvalue weighted by Gasteiger charge is 2.26. The second kappa shape index (κ2) is 12.7. The molecule has 1 atom stereocenters. The molecule has 1 fully saturated rings. The van der Waals surface area contributed by atoms with E-state index in [4.69, 9.17) is 14.2 Å². The van der Waals surface area contributed by atoms with Crippen LogP contribution in [0.1, 0.15) is 39.9 Å². The lowest BCUT2D eigenvalue weighted by Gasteiger charge is -2.25. The fourth-order valence-electron chi connectivity index (χ4n) is 4.80. The molecule has 4 rings (SSSR count). The lowest BCUT2D eigenvalue weighted by atomic mass is 10.0. The first kappa shape index (κ1) is 28.1. The van der Waals surface area contributed by atoms with Crippen LogP contribution >= 0.6 is 0 Å². The normalized spacial score (nSPS) is 14.5. The molecule has 1 saturated heterocycles. The van der Waals surface area contributed by atoms with Gasteiger partial charge in [-0.05, 0) is 67.6 Å². The van der Waals surface area contributed by atoms with Gasteiger partial charge in [0.05, 0.1) is 31.1 Å². The van der Waals surface area contributed by atoms with Crippen molar-refractivity contribution < 1.29 is 28.6 Å². The van der Waals surface area contributed by atoms with Gasteiger partial charge in [-0.3, -0.25) is 4.79 Å². The predicted octanol–water partition coefficient (Wildman–Crippen LogP) is 4.88. The molecule has 206 valence electrons. The number of esters is 1. The number of hydrogen-bond donors (Lipinski definition) is 3. The summed E-state index contributed by atoms with van der Waals surface area (Å²) < 4.78 is 16.2. The zero-order valence-electron chi connectivity index (χ0n) is 22.8. The monoisotopic (exact) mass is 533 g/mol. The summed E-state index contributed by atoms with van der Waals surface area (Å²) >= 11 is 0. The number of aryl methyl sites for hydroxylation is 3. The first-order valence-corrected chi connectivity index (χ1v) is 13.0. The molecule has 9 heteroatoms. The Morgan fingerprint density at radius 2 is 1.59 bits per heavy atom. The van der Waals surface area contributed by atoms with Crippen LogP contribution in [0.2, 0.25) is 0 Å². The third-order valence-electron chi connectivity index (χ3n) is 6.75. The van der Waals surface area contributed by atoms with Crippen molar-refractivity contribution in [1.82, 2.24) is 5.32 Å². The molecule has 9 nitrogen and oxygen atoms in total. The van der Waals surface area contributed by atoms with Crippen molar-refractivity contribution in [1.29, 1.82) is 0 Å². The summed E-state index contributed by atoms with van der Waals surface area (Å²) in [5.74, 6) is -1.15. The molecule has 1 aliphatic heterocycles. The van der Waals surface area contributed by atoms with E-state index in [1.165, 1.54) is 7.11 Å². The molecule has 0 spiro atoms. The zero-order chi connectivity index (χ0) is 27.9.